The largest absolute Gasteiger partial charge is 0.434 e. The van der Waals surface area contributed by atoms with Crippen molar-refractivity contribution in [2.24, 2.45) is 11.8 Å². The zero-order valence-electron chi connectivity index (χ0n) is 19.1. The first-order chi connectivity index (χ1) is 16.1. The van der Waals surface area contributed by atoms with Crippen LogP contribution in [0.1, 0.15) is 62.1 Å². The van der Waals surface area contributed by atoms with Crippen LogP contribution < -0.4 is 5.32 Å². The third-order valence-corrected chi connectivity index (χ3v) is 6.76. The Kier molecular flexibility index (Phi) is 8.10. The molecule has 2 aliphatic rings. The highest BCUT2D eigenvalue weighted by Crippen LogP contribution is 2.29. The molecule has 1 atom stereocenters. The molecule has 2 amide bonds. The molecule has 1 aliphatic carbocycles. The fourth-order valence-corrected chi connectivity index (χ4v) is 4.77. The molecule has 2 fully saturated rings. The van der Waals surface area contributed by atoms with Gasteiger partial charge in [-0.15, -0.1) is 0 Å². The molecule has 0 unspecified atom stereocenters. The highest BCUT2D eigenvalue weighted by atomic mass is 16.5. The fraction of sp³-hybridized carbons (Fsp3) is 0.600. The number of fused-ring (bicyclic) bond motifs is 1. The molecule has 8 heteroatoms. The molecule has 4 rings (SSSR count). The van der Waals surface area contributed by atoms with Gasteiger partial charge in [0.2, 0.25) is 17.6 Å². The Morgan fingerprint density at radius 2 is 1.85 bits per heavy atom. The maximum absolute atomic E-state index is 13.0. The average Bonchev–Trinajstić information content (AvgIpc) is 3.30. The number of nitrogens with zero attached hydrogens (tertiary/aromatic N) is 2. The van der Waals surface area contributed by atoms with Crippen LogP contribution in [0.15, 0.2) is 28.7 Å². The number of oxazole rings is 1. The SMILES string of the molecule is O=C(CNC(=O)[C@H](CCC1CCCCC1)CC(=O)N1CCOCC1)c1nc2ccccc2o1. The predicted octanol–water partition coefficient (Wildman–Crippen LogP) is 3.35. The molecule has 1 aromatic carbocycles. The first-order valence-electron chi connectivity index (χ1n) is 12.1. The summed E-state index contributed by atoms with van der Waals surface area (Å²) in [6, 6.07) is 7.15. The summed E-state index contributed by atoms with van der Waals surface area (Å²) in [6.45, 7) is 1.99. The molecule has 1 saturated heterocycles. The highest BCUT2D eigenvalue weighted by Gasteiger charge is 2.28. The van der Waals surface area contributed by atoms with E-state index in [0.29, 0.717) is 49.7 Å². The molecular formula is C25H33N3O5. The molecule has 1 saturated carbocycles. The number of aromatic nitrogens is 1. The summed E-state index contributed by atoms with van der Waals surface area (Å²) in [5, 5.41) is 2.74. The van der Waals surface area contributed by atoms with Gasteiger partial charge >= 0.3 is 0 Å². The lowest BCUT2D eigenvalue weighted by atomic mass is 9.83. The summed E-state index contributed by atoms with van der Waals surface area (Å²) < 4.78 is 10.8. The number of ketones is 1. The molecule has 33 heavy (non-hydrogen) atoms. The third-order valence-electron chi connectivity index (χ3n) is 6.76. The minimum atomic E-state index is -0.446. The van der Waals surface area contributed by atoms with Crippen LogP contribution in [0, 0.1) is 11.8 Å². The Balaban J connectivity index is 1.35. The predicted molar refractivity (Wildman–Crippen MR) is 123 cm³/mol. The van der Waals surface area contributed by atoms with E-state index >= 15 is 0 Å². The highest BCUT2D eigenvalue weighted by molar-refractivity contribution is 5.98. The number of hydrogen-bond acceptors (Lipinski definition) is 6. The summed E-state index contributed by atoms with van der Waals surface area (Å²) in [7, 11) is 0. The molecule has 0 radical (unpaired) electrons. The number of ether oxygens (including phenoxy) is 1. The van der Waals surface area contributed by atoms with E-state index in [1.54, 1.807) is 17.0 Å². The number of benzene rings is 1. The molecule has 2 heterocycles. The van der Waals surface area contributed by atoms with Gasteiger partial charge < -0.3 is 19.4 Å². The minimum Gasteiger partial charge on any atom is -0.434 e. The van der Waals surface area contributed by atoms with Crippen LogP contribution in [-0.2, 0) is 14.3 Å². The van der Waals surface area contributed by atoms with E-state index in [-0.39, 0.29) is 36.5 Å². The molecule has 178 valence electrons. The van der Waals surface area contributed by atoms with Gasteiger partial charge in [-0.05, 0) is 30.9 Å². The van der Waals surface area contributed by atoms with Gasteiger partial charge in [0.15, 0.2) is 5.58 Å². The van der Waals surface area contributed by atoms with Gasteiger partial charge in [0.25, 0.3) is 5.89 Å². The van der Waals surface area contributed by atoms with Crippen molar-refractivity contribution in [1.29, 1.82) is 0 Å². The number of morpholine rings is 1. The van der Waals surface area contributed by atoms with E-state index in [1.807, 2.05) is 12.1 Å². The van der Waals surface area contributed by atoms with Gasteiger partial charge in [-0.25, -0.2) is 4.98 Å². The number of para-hydroxylation sites is 2. The number of amides is 2. The van der Waals surface area contributed by atoms with Crippen LogP contribution in [-0.4, -0.2) is 60.3 Å². The number of carbonyl (C=O) groups excluding carboxylic acids is 3. The van der Waals surface area contributed by atoms with E-state index in [2.05, 4.69) is 10.3 Å². The summed E-state index contributed by atoms with van der Waals surface area (Å²) in [6.07, 6.45) is 7.92. The maximum atomic E-state index is 13.0. The van der Waals surface area contributed by atoms with E-state index in [4.69, 9.17) is 9.15 Å². The molecule has 8 nitrogen and oxygen atoms in total. The maximum Gasteiger partial charge on any atom is 0.266 e. The molecule has 1 N–H and O–H groups in total. The van der Waals surface area contributed by atoms with Gasteiger partial charge in [-0.3, -0.25) is 14.4 Å². The zero-order valence-corrected chi connectivity index (χ0v) is 19.1. The Hall–Kier alpha value is -2.74. The van der Waals surface area contributed by atoms with Gasteiger partial charge in [0.1, 0.15) is 5.52 Å². The standard InChI is InChI=1S/C25H33N3O5/c29-21(25-27-20-8-4-5-9-22(20)33-25)17-26-24(31)19(11-10-18-6-2-1-3-7-18)16-23(30)28-12-14-32-15-13-28/h4-5,8-9,18-19H,1-3,6-7,10-17H2,(H,26,31)/t19-/m1/s1. The van der Waals surface area contributed by atoms with Gasteiger partial charge in [-0.2, -0.15) is 0 Å². The smallest absolute Gasteiger partial charge is 0.266 e. The van der Waals surface area contributed by atoms with Gasteiger partial charge in [0.05, 0.1) is 19.8 Å². The summed E-state index contributed by atoms with van der Waals surface area (Å²) in [5.41, 5.74) is 1.14. The number of hydrogen-bond donors (Lipinski definition) is 1. The Labute approximate surface area is 194 Å². The summed E-state index contributed by atoms with van der Waals surface area (Å²) >= 11 is 0. The van der Waals surface area contributed by atoms with Crippen LogP contribution in [0.3, 0.4) is 0 Å². The second kappa shape index (κ2) is 11.4. The van der Waals surface area contributed by atoms with Crippen molar-refractivity contribution in [2.45, 2.75) is 51.4 Å². The summed E-state index contributed by atoms with van der Waals surface area (Å²) in [5.74, 6) is -0.499. The number of carbonyl (C=O) groups is 3. The number of rotatable bonds is 9. The van der Waals surface area contributed by atoms with Crippen molar-refractivity contribution in [3.63, 3.8) is 0 Å². The second-order valence-corrected chi connectivity index (χ2v) is 9.10. The van der Waals surface area contributed by atoms with E-state index in [0.717, 1.165) is 6.42 Å². The van der Waals surface area contributed by atoms with E-state index in [9.17, 15) is 14.4 Å². The van der Waals surface area contributed by atoms with Crippen molar-refractivity contribution in [2.75, 3.05) is 32.8 Å². The van der Waals surface area contributed by atoms with Crippen LogP contribution >= 0.6 is 0 Å². The molecule has 1 aliphatic heterocycles. The van der Waals surface area contributed by atoms with Crippen LogP contribution in [0.25, 0.3) is 11.1 Å². The lowest BCUT2D eigenvalue weighted by molar-refractivity contribution is -0.139. The van der Waals surface area contributed by atoms with Crippen LogP contribution in [0.5, 0.6) is 0 Å². The van der Waals surface area contributed by atoms with Crippen molar-refractivity contribution >= 4 is 28.7 Å². The molecule has 2 aromatic rings. The number of nitrogens with one attached hydrogen (secondary N) is 1. The Bertz CT molecular complexity index is 927. The van der Waals surface area contributed by atoms with E-state index in [1.165, 1.54) is 32.1 Å². The fourth-order valence-electron chi connectivity index (χ4n) is 4.77. The van der Waals surface area contributed by atoms with Crippen molar-refractivity contribution in [3.8, 4) is 0 Å². The summed E-state index contributed by atoms with van der Waals surface area (Å²) in [4.78, 5) is 44.4. The topological polar surface area (TPSA) is 102 Å². The van der Waals surface area contributed by atoms with Gasteiger partial charge in [-0.1, -0.05) is 44.2 Å². The normalized spacial score (nSPS) is 18.2. The Morgan fingerprint density at radius 3 is 2.61 bits per heavy atom. The van der Waals surface area contributed by atoms with E-state index < -0.39 is 5.92 Å². The number of Topliss-reactive ketones (excluding diaryl/α,β-unsaturated/α-hetero) is 1. The minimum absolute atomic E-state index is 0.0142. The quantitative estimate of drug-likeness (QED) is 0.582. The molecule has 1 aromatic heterocycles. The van der Waals surface area contributed by atoms with Crippen LogP contribution in [0.4, 0.5) is 0 Å². The Morgan fingerprint density at radius 1 is 1.09 bits per heavy atom. The average molecular weight is 456 g/mol. The lowest BCUT2D eigenvalue weighted by Crippen LogP contribution is -2.43. The van der Waals surface area contributed by atoms with Crippen molar-refractivity contribution in [3.05, 3.63) is 30.2 Å². The molecule has 0 bridgehead atoms. The third kappa shape index (κ3) is 6.41. The lowest BCUT2D eigenvalue weighted by Gasteiger charge is -2.29. The molecule has 0 spiro atoms. The van der Waals surface area contributed by atoms with Gasteiger partial charge in [0, 0.05) is 25.4 Å². The van der Waals surface area contributed by atoms with Crippen molar-refractivity contribution in [1.82, 2.24) is 15.2 Å². The molecular weight excluding hydrogens is 422 g/mol. The monoisotopic (exact) mass is 455 g/mol. The van der Waals surface area contributed by atoms with Crippen LogP contribution in [0.2, 0.25) is 0 Å². The van der Waals surface area contributed by atoms with Crippen molar-refractivity contribution < 1.29 is 23.5 Å². The zero-order chi connectivity index (χ0) is 23.0. The first kappa shape index (κ1) is 23.4. The second-order valence-electron chi connectivity index (χ2n) is 9.10. The first-order valence-corrected chi connectivity index (χ1v) is 12.1.